The number of hydrogen-bond donors (Lipinski definition) is 2. The van der Waals surface area contributed by atoms with Crippen LogP contribution in [0.1, 0.15) is 55.7 Å². The first-order valence-electron chi connectivity index (χ1n) is 7.05. The van der Waals surface area contributed by atoms with Crippen LogP contribution in [0.4, 0.5) is 0 Å². The zero-order valence-corrected chi connectivity index (χ0v) is 12.2. The summed E-state index contributed by atoms with van der Waals surface area (Å²) in [4.78, 5) is 12.2. The minimum Gasteiger partial charge on any atom is -0.348 e. The molecule has 1 aromatic rings. The second kappa shape index (κ2) is 5.74. The summed E-state index contributed by atoms with van der Waals surface area (Å²) in [5.41, 5.74) is 1.61. The Morgan fingerprint density at radius 1 is 1.58 bits per heavy atom. The fraction of sp³-hybridized carbons (Fsp3) is 0.714. The second-order valence-corrected chi connectivity index (χ2v) is 5.78. The van der Waals surface area contributed by atoms with E-state index in [1.807, 2.05) is 13.1 Å². The lowest BCUT2D eigenvalue weighted by atomic mass is 10.0. The smallest absolute Gasteiger partial charge is 0.272 e. The number of aryl methyl sites for hydroxylation is 1. The lowest BCUT2D eigenvalue weighted by Gasteiger charge is -2.28. The first kappa shape index (κ1) is 14.1. The maximum atomic E-state index is 12.2. The second-order valence-electron chi connectivity index (χ2n) is 5.78. The van der Waals surface area contributed by atoms with Crippen molar-refractivity contribution in [2.24, 2.45) is 7.05 Å². The van der Waals surface area contributed by atoms with Crippen LogP contribution in [0.15, 0.2) is 6.07 Å². The quantitative estimate of drug-likeness (QED) is 0.868. The molecule has 2 heterocycles. The zero-order chi connectivity index (χ0) is 14.0. The number of piperidine rings is 1. The summed E-state index contributed by atoms with van der Waals surface area (Å²) in [6.45, 7) is 7.32. The minimum absolute atomic E-state index is 0.0541. The molecule has 1 aromatic heterocycles. The highest BCUT2D eigenvalue weighted by atomic mass is 16.2. The Balaban J connectivity index is 2.01. The van der Waals surface area contributed by atoms with E-state index in [1.54, 1.807) is 4.68 Å². The number of nitrogens with zero attached hydrogens (tertiary/aromatic N) is 2. The highest BCUT2D eigenvalue weighted by molar-refractivity contribution is 5.92. The molecule has 1 fully saturated rings. The van der Waals surface area contributed by atoms with Gasteiger partial charge in [-0.15, -0.1) is 0 Å². The molecule has 0 aliphatic carbocycles. The van der Waals surface area contributed by atoms with Gasteiger partial charge in [-0.05, 0) is 38.3 Å². The monoisotopic (exact) mass is 264 g/mol. The van der Waals surface area contributed by atoms with E-state index in [1.165, 1.54) is 0 Å². The highest BCUT2D eigenvalue weighted by Gasteiger charge is 2.22. The Labute approximate surface area is 114 Å². The third-order valence-electron chi connectivity index (χ3n) is 3.70. The molecule has 19 heavy (non-hydrogen) atoms. The van der Waals surface area contributed by atoms with E-state index >= 15 is 0 Å². The van der Waals surface area contributed by atoms with Crippen LogP contribution < -0.4 is 10.6 Å². The molecule has 1 amide bonds. The third kappa shape index (κ3) is 3.35. The first-order valence-corrected chi connectivity index (χ1v) is 7.05. The maximum Gasteiger partial charge on any atom is 0.272 e. The molecule has 0 radical (unpaired) electrons. The Hall–Kier alpha value is -1.36. The predicted molar refractivity (Wildman–Crippen MR) is 75.2 cm³/mol. The molecule has 1 saturated heterocycles. The molecule has 5 heteroatoms. The van der Waals surface area contributed by atoms with Crippen molar-refractivity contribution in [3.8, 4) is 0 Å². The van der Waals surface area contributed by atoms with Crippen molar-refractivity contribution < 1.29 is 4.79 Å². The van der Waals surface area contributed by atoms with Crippen LogP contribution in [0, 0.1) is 0 Å². The van der Waals surface area contributed by atoms with Gasteiger partial charge in [0.25, 0.3) is 5.91 Å². The van der Waals surface area contributed by atoms with Gasteiger partial charge in [-0.2, -0.15) is 5.10 Å². The van der Waals surface area contributed by atoms with Crippen molar-refractivity contribution in [3.05, 3.63) is 17.5 Å². The van der Waals surface area contributed by atoms with Gasteiger partial charge in [0.1, 0.15) is 5.69 Å². The van der Waals surface area contributed by atoms with Gasteiger partial charge >= 0.3 is 0 Å². The average Bonchev–Trinajstić information content (AvgIpc) is 2.71. The van der Waals surface area contributed by atoms with Crippen LogP contribution in [-0.4, -0.2) is 34.3 Å². The van der Waals surface area contributed by atoms with E-state index < -0.39 is 0 Å². The van der Waals surface area contributed by atoms with Crippen molar-refractivity contribution >= 4 is 5.91 Å². The molecule has 0 saturated carbocycles. The molecular weight excluding hydrogens is 240 g/mol. The molecule has 2 atom stereocenters. The summed E-state index contributed by atoms with van der Waals surface area (Å²) in [5, 5.41) is 10.8. The summed E-state index contributed by atoms with van der Waals surface area (Å²) >= 11 is 0. The number of hydrogen-bond acceptors (Lipinski definition) is 3. The fourth-order valence-electron chi connectivity index (χ4n) is 2.66. The molecule has 1 aliphatic heterocycles. The largest absolute Gasteiger partial charge is 0.348 e. The SMILES string of the molecule is CC1CC(NC(=O)c2cc(C(C)C)n(C)n2)CCN1. The van der Waals surface area contributed by atoms with Crippen molar-refractivity contribution in [2.45, 2.75) is 51.6 Å². The number of nitrogens with one attached hydrogen (secondary N) is 2. The van der Waals surface area contributed by atoms with E-state index in [0.717, 1.165) is 25.1 Å². The normalized spacial score (nSPS) is 23.6. The standard InChI is InChI=1S/C14H24N4O/c1-9(2)13-8-12(17-18(13)4)14(19)16-11-5-6-15-10(3)7-11/h8-11,15H,5-7H2,1-4H3,(H,16,19). The van der Waals surface area contributed by atoms with E-state index in [2.05, 4.69) is 36.5 Å². The Morgan fingerprint density at radius 3 is 2.89 bits per heavy atom. The Bertz CT molecular complexity index is 452. The van der Waals surface area contributed by atoms with Gasteiger partial charge in [-0.3, -0.25) is 9.48 Å². The number of carbonyl (C=O) groups is 1. The summed E-state index contributed by atoms with van der Waals surface area (Å²) in [5.74, 6) is 0.319. The van der Waals surface area contributed by atoms with Gasteiger partial charge in [0.2, 0.25) is 0 Å². The molecule has 0 spiro atoms. The molecule has 0 aromatic carbocycles. The van der Waals surface area contributed by atoms with Crippen LogP contribution in [-0.2, 0) is 7.05 Å². The van der Waals surface area contributed by atoms with Gasteiger partial charge in [0, 0.05) is 24.8 Å². The average molecular weight is 264 g/mol. The van der Waals surface area contributed by atoms with Crippen molar-refractivity contribution in [1.82, 2.24) is 20.4 Å². The molecule has 2 N–H and O–H groups in total. The maximum absolute atomic E-state index is 12.2. The van der Waals surface area contributed by atoms with E-state index in [9.17, 15) is 4.79 Å². The van der Waals surface area contributed by atoms with Crippen LogP contribution in [0.25, 0.3) is 0 Å². The minimum atomic E-state index is -0.0541. The Morgan fingerprint density at radius 2 is 2.32 bits per heavy atom. The molecule has 106 valence electrons. The van der Waals surface area contributed by atoms with Crippen LogP contribution in [0.2, 0.25) is 0 Å². The molecule has 1 aliphatic rings. The number of aromatic nitrogens is 2. The third-order valence-corrected chi connectivity index (χ3v) is 3.70. The number of amides is 1. The summed E-state index contributed by atoms with van der Waals surface area (Å²) in [6, 6.07) is 2.62. The lowest BCUT2D eigenvalue weighted by Crippen LogP contribution is -2.46. The summed E-state index contributed by atoms with van der Waals surface area (Å²) in [7, 11) is 1.89. The van der Waals surface area contributed by atoms with E-state index in [-0.39, 0.29) is 11.9 Å². The van der Waals surface area contributed by atoms with E-state index in [4.69, 9.17) is 0 Å². The number of rotatable bonds is 3. The van der Waals surface area contributed by atoms with Crippen molar-refractivity contribution in [3.63, 3.8) is 0 Å². The predicted octanol–water partition coefficient (Wildman–Crippen LogP) is 1.41. The first-order chi connectivity index (χ1) is 8.97. The van der Waals surface area contributed by atoms with Gasteiger partial charge in [-0.25, -0.2) is 0 Å². The van der Waals surface area contributed by atoms with Crippen molar-refractivity contribution in [1.29, 1.82) is 0 Å². The molecule has 0 bridgehead atoms. The fourth-order valence-corrected chi connectivity index (χ4v) is 2.66. The van der Waals surface area contributed by atoms with Gasteiger partial charge in [0.15, 0.2) is 0 Å². The van der Waals surface area contributed by atoms with Gasteiger partial charge < -0.3 is 10.6 Å². The van der Waals surface area contributed by atoms with Crippen LogP contribution in [0.3, 0.4) is 0 Å². The lowest BCUT2D eigenvalue weighted by molar-refractivity contribution is 0.0920. The highest BCUT2D eigenvalue weighted by Crippen LogP contribution is 2.15. The van der Waals surface area contributed by atoms with E-state index in [0.29, 0.717) is 17.7 Å². The van der Waals surface area contributed by atoms with Crippen LogP contribution >= 0.6 is 0 Å². The molecule has 2 unspecified atom stereocenters. The molecule has 5 nitrogen and oxygen atoms in total. The molecule has 2 rings (SSSR count). The molecular formula is C14H24N4O. The van der Waals surface area contributed by atoms with Crippen molar-refractivity contribution in [2.75, 3.05) is 6.54 Å². The summed E-state index contributed by atoms with van der Waals surface area (Å²) < 4.78 is 1.80. The van der Waals surface area contributed by atoms with Gasteiger partial charge in [-0.1, -0.05) is 13.8 Å². The van der Waals surface area contributed by atoms with Crippen LogP contribution in [0.5, 0.6) is 0 Å². The zero-order valence-electron chi connectivity index (χ0n) is 12.2. The summed E-state index contributed by atoms with van der Waals surface area (Å²) in [6.07, 6.45) is 1.97. The number of carbonyl (C=O) groups excluding carboxylic acids is 1. The Kier molecular flexibility index (Phi) is 4.24. The van der Waals surface area contributed by atoms with Gasteiger partial charge in [0.05, 0.1) is 0 Å². The topological polar surface area (TPSA) is 59.0 Å².